The van der Waals surface area contributed by atoms with Gasteiger partial charge in [0, 0.05) is 12.6 Å². The van der Waals surface area contributed by atoms with Crippen LogP contribution in [0, 0.1) is 5.82 Å². The van der Waals surface area contributed by atoms with Crippen molar-refractivity contribution in [2.45, 2.75) is 25.8 Å². The van der Waals surface area contributed by atoms with Gasteiger partial charge >= 0.3 is 0 Å². The number of hydrogen-bond donors (Lipinski definition) is 0. The van der Waals surface area contributed by atoms with Crippen molar-refractivity contribution >= 4 is 11.5 Å². The summed E-state index contributed by atoms with van der Waals surface area (Å²) in [6.45, 7) is 3.19. The van der Waals surface area contributed by atoms with Gasteiger partial charge in [-0.2, -0.15) is 4.52 Å². The third-order valence-electron chi connectivity index (χ3n) is 4.21. The number of aromatic nitrogens is 4. The highest BCUT2D eigenvalue weighted by Gasteiger charge is 2.22. The van der Waals surface area contributed by atoms with Gasteiger partial charge in [-0.05, 0) is 44.0 Å². The first-order valence-electron chi connectivity index (χ1n) is 7.48. The Morgan fingerprint density at radius 1 is 1.14 bits per heavy atom. The first-order valence-corrected chi connectivity index (χ1v) is 7.48. The van der Waals surface area contributed by atoms with Crippen LogP contribution < -0.4 is 4.90 Å². The number of anilines is 1. The Balaban J connectivity index is 1.85. The molecule has 112 valence electrons. The van der Waals surface area contributed by atoms with Crippen molar-refractivity contribution in [2.24, 2.45) is 0 Å². The minimum Gasteiger partial charge on any atom is -0.352 e. The summed E-state index contributed by atoms with van der Waals surface area (Å²) in [6, 6.07) is 10.9. The molecule has 1 aromatic carbocycles. The van der Waals surface area contributed by atoms with Gasteiger partial charge in [-0.3, -0.25) is 0 Å². The molecule has 5 nitrogen and oxygen atoms in total. The molecule has 0 unspecified atom stereocenters. The molecule has 0 N–H and O–H groups in total. The van der Waals surface area contributed by atoms with E-state index in [2.05, 4.69) is 27.1 Å². The quantitative estimate of drug-likeness (QED) is 0.729. The van der Waals surface area contributed by atoms with Gasteiger partial charge in [-0.15, -0.1) is 15.3 Å². The summed E-state index contributed by atoms with van der Waals surface area (Å²) < 4.78 is 15.6. The highest BCUT2D eigenvalue weighted by atomic mass is 19.1. The van der Waals surface area contributed by atoms with Gasteiger partial charge in [0.05, 0.1) is 5.56 Å². The molecule has 3 aromatic rings. The number of fused-ring (bicyclic) bond motifs is 1. The van der Waals surface area contributed by atoms with Crippen LogP contribution in [0.3, 0.4) is 0 Å². The van der Waals surface area contributed by atoms with Crippen molar-refractivity contribution in [3.8, 4) is 11.4 Å². The van der Waals surface area contributed by atoms with Crippen LogP contribution in [0.2, 0.25) is 0 Å². The summed E-state index contributed by atoms with van der Waals surface area (Å²) in [5.41, 5.74) is 1.03. The van der Waals surface area contributed by atoms with Crippen LogP contribution in [-0.4, -0.2) is 32.4 Å². The first kappa shape index (κ1) is 13.2. The highest BCUT2D eigenvalue weighted by molar-refractivity contribution is 5.60. The lowest BCUT2D eigenvalue weighted by molar-refractivity contribution is 0.629. The molecular weight excluding hydrogens is 281 g/mol. The lowest BCUT2D eigenvalue weighted by atomic mass is 10.2. The molecule has 22 heavy (non-hydrogen) atoms. The summed E-state index contributed by atoms with van der Waals surface area (Å²) in [5, 5.41) is 12.8. The molecule has 0 bridgehead atoms. The lowest BCUT2D eigenvalue weighted by Gasteiger charge is -2.22. The molecule has 1 aliphatic heterocycles. The zero-order chi connectivity index (χ0) is 15.1. The van der Waals surface area contributed by atoms with Crippen LogP contribution in [0.1, 0.15) is 19.8 Å². The topological polar surface area (TPSA) is 46.3 Å². The fourth-order valence-electron chi connectivity index (χ4n) is 3.02. The van der Waals surface area contributed by atoms with Crippen LogP contribution in [-0.2, 0) is 0 Å². The molecule has 0 amide bonds. The number of rotatable bonds is 2. The maximum absolute atomic E-state index is 14.0. The molecule has 1 aliphatic rings. The molecular formula is C16H16FN5. The molecule has 3 heterocycles. The number of benzene rings is 1. The van der Waals surface area contributed by atoms with Gasteiger partial charge in [0.2, 0.25) is 0 Å². The summed E-state index contributed by atoms with van der Waals surface area (Å²) in [4.78, 5) is 2.27. The fourth-order valence-corrected chi connectivity index (χ4v) is 3.02. The Morgan fingerprint density at radius 2 is 2.00 bits per heavy atom. The van der Waals surface area contributed by atoms with Gasteiger partial charge in [0.1, 0.15) is 11.6 Å². The summed E-state index contributed by atoms with van der Waals surface area (Å²) in [6.07, 6.45) is 2.34. The van der Waals surface area contributed by atoms with Crippen molar-refractivity contribution in [1.82, 2.24) is 19.8 Å². The minimum atomic E-state index is -0.321. The molecule has 2 aromatic heterocycles. The molecule has 0 radical (unpaired) electrons. The van der Waals surface area contributed by atoms with E-state index < -0.39 is 0 Å². The standard InChI is InChI=1S/C16H16FN5/c1-11-5-4-10-21(11)15-9-8-14-18-19-16(22(14)20-15)12-6-2-3-7-13(12)17/h2-3,6-9,11H,4-5,10H2,1H3/t11-/m1/s1. The van der Waals surface area contributed by atoms with Crippen LogP contribution >= 0.6 is 0 Å². The van der Waals surface area contributed by atoms with Crippen molar-refractivity contribution in [2.75, 3.05) is 11.4 Å². The summed E-state index contributed by atoms with van der Waals surface area (Å²) in [7, 11) is 0. The molecule has 0 spiro atoms. The number of hydrogen-bond acceptors (Lipinski definition) is 4. The smallest absolute Gasteiger partial charge is 0.188 e. The zero-order valence-corrected chi connectivity index (χ0v) is 12.3. The predicted molar refractivity (Wildman–Crippen MR) is 82.2 cm³/mol. The monoisotopic (exact) mass is 297 g/mol. The Bertz CT molecular complexity index is 828. The Labute approximate surface area is 127 Å². The molecule has 1 saturated heterocycles. The molecule has 0 aliphatic carbocycles. The van der Waals surface area contributed by atoms with Crippen LogP contribution in [0.25, 0.3) is 17.0 Å². The average Bonchev–Trinajstić information content (AvgIpc) is 3.13. The second-order valence-corrected chi connectivity index (χ2v) is 5.65. The Kier molecular flexibility index (Phi) is 3.03. The largest absolute Gasteiger partial charge is 0.352 e. The van der Waals surface area contributed by atoms with E-state index in [-0.39, 0.29) is 5.82 Å². The van der Waals surface area contributed by atoms with E-state index in [1.807, 2.05) is 12.1 Å². The highest BCUT2D eigenvalue weighted by Crippen LogP contribution is 2.25. The van der Waals surface area contributed by atoms with E-state index >= 15 is 0 Å². The van der Waals surface area contributed by atoms with Crippen molar-refractivity contribution in [3.05, 3.63) is 42.2 Å². The maximum Gasteiger partial charge on any atom is 0.188 e. The van der Waals surface area contributed by atoms with E-state index in [1.54, 1.807) is 22.7 Å². The number of nitrogens with zero attached hydrogens (tertiary/aromatic N) is 5. The summed E-state index contributed by atoms with van der Waals surface area (Å²) >= 11 is 0. The Hall–Kier alpha value is -2.50. The second kappa shape index (κ2) is 5.05. The third-order valence-corrected chi connectivity index (χ3v) is 4.21. The SMILES string of the molecule is C[C@@H]1CCCN1c1ccc2nnc(-c3ccccc3F)n2n1. The van der Waals surface area contributed by atoms with Crippen LogP contribution in [0.5, 0.6) is 0 Å². The number of halogens is 1. The average molecular weight is 297 g/mol. The lowest BCUT2D eigenvalue weighted by Crippen LogP contribution is -2.27. The molecule has 4 rings (SSSR count). The van der Waals surface area contributed by atoms with E-state index in [0.717, 1.165) is 12.4 Å². The minimum absolute atomic E-state index is 0.321. The summed E-state index contributed by atoms with van der Waals surface area (Å²) in [5.74, 6) is 0.996. The maximum atomic E-state index is 14.0. The van der Waals surface area contributed by atoms with E-state index in [4.69, 9.17) is 0 Å². The van der Waals surface area contributed by atoms with E-state index in [1.165, 1.54) is 18.9 Å². The van der Waals surface area contributed by atoms with Crippen molar-refractivity contribution < 1.29 is 4.39 Å². The zero-order valence-electron chi connectivity index (χ0n) is 12.3. The predicted octanol–water partition coefficient (Wildman–Crippen LogP) is 2.92. The van der Waals surface area contributed by atoms with Crippen LogP contribution in [0.4, 0.5) is 10.2 Å². The van der Waals surface area contributed by atoms with Gasteiger partial charge < -0.3 is 4.90 Å². The molecule has 1 fully saturated rings. The molecule has 0 saturated carbocycles. The van der Waals surface area contributed by atoms with Gasteiger partial charge in [-0.1, -0.05) is 12.1 Å². The van der Waals surface area contributed by atoms with Gasteiger partial charge in [0.15, 0.2) is 11.5 Å². The first-order chi connectivity index (χ1) is 10.7. The van der Waals surface area contributed by atoms with Crippen molar-refractivity contribution in [3.63, 3.8) is 0 Å². The third kappa shape index (κ3) is 2.03. The fraction of sp³-hybridized carbons (Fsp3) is 0.312. The normalized spacial score (nSPS) is 18.3. The molecule has 1 atom stereocenters. The van der Waals surface area contributed by atoms with Crippen LogP contribution in [0.15, 0.2) is 36.4 Å². The second-order valence-electron chi connectivity index (χ2n) is 5.65. The van der Waals surface area contributed by atoms with E-state index in [0.29, 0.717) is 23.1 Å². The van der Waals surface area contributed by atoms with E-state index in [9.17, 15) is 4.39 Å². The van der Waals surface area contributed by atoms with Gasteiger partial charge in [0.25, 0.3) is 0 Å². The van der Waals surface area contributed by atoms with Crippen molar-refractivity contribution in [1.29, 1.82) is 0 Å². The van der Waals surface area contributed by atoms with Gasteiger partial charge in [-0.25, -0.2) is 4.39 Å². The Morgan fingerprint density at radius 3 is 2.77 bits per heavy atom. The molecule has 6 heteroatoms.